The Morgan fingerprint density at radius 2 is 1.23 bits per heavy atom. The van der Waals surface area contributed by atoms with Crippen LogP contribution in [0.5, 0.6) is 0 Å². The van der Waals surface area contributed by atoms with E-state index in [-0.39, 0.29) is 36.0 Å². The predicted octanol–water partition coefficient (Wildman–Crippen LogP) is 4.73. The molecule has 0 bridgehead atoms. The Morgan fingerprint density at radius 1 is 0.773 bits per heavy atom. The van der Waals surface area contributed by atoms with E-state index in [0.717, 1.165) is 50.4 Å². The molecule has 1 unspecified atom stereocenters. The summed E-state index contributed by atoms with van der Waals surface area (Å²) in [6.07, 6.45) is 24.2. The summed E-state index contributed by atoms with van der Waals surface area (Å²) in [7, 11) is -4.99. The molecule has 0 saturated carbocycles. The maximum atomic E-state index is 12.5. The molecule has 0 aromatic heterocycles. The van der Waals surface area contributed by atoms with E-state index in [2.05, 4.69) is 37.2 Å². The topological polar surface area (TPSA) is 136 Å². The summed E-state index contributed by atoms with van der Waals surface area (Å²) in [6.45, 7) is 8.35. The number of carbonyl (C=O) groups is 1. The van der Waals surface area contributed by atoms with Crippen molar-refractivity contribution >= 4 is 16.3 Å². The summed E-state index contributed by atoms with van der Waals surface area (Å²) < 4.78 is 37.2. The molecule has 8 nitrogen and oxygen atoms in total. The number of unbranched alkanes of at least 4 members (excludes halogenated alkanes) is 15. The van der Waals surface area contributed by atoms with Crippen molar-refractivity contribution in [2.45, 2.75) is 181 Å². The van der Waals surface area contributed by atoms with Gasteiger partial charge in [0.2, 0.25) is 16.3 Å². The van der Waals surface area contributed by atoms with Gasteiger partial charge >= 0.3 is 29.6 Å². The molecular formula is C34H66NNaO7S. The number of amides is 1. The van der Waals surface area contributed by atoms with Gasteiger partial charge in [-0.25, -0.2) is 8.42 Å². The fraction of sp³-hybridized carbons (Fsp3) is 0.912. The Hall–Kier alpha value is -0.000000000000000222. The van der Waals surface area contributed by atoms with Crippen LogP contribution in [0.3, 0.4) is 0 Å². The number of carbonyl (C=O) groups excluding carboxylic acids is 1. The number of allylic oxidation sites excluding steroid dienone is 1. The molecule has 10 heteroatoms. The smallest absolute Gasteiger partial charge is 0.726 e. The van der Waals surface area contributed by atoms with Gasteiger partial charge in [0.1, 0.15) is 6.10 Å². The van der Waals surface area contributed by atoms with Gasteiger partial charge in [-0.05, 0) is 31.1 Å². The van der Waals surface area contributed by atoms with Gasteiger partial charge in [-0.1, -0.05) is 155 Å². The summed E-state index contributed by atoms with van der Waals surface area (Å²) in [5.41, 5.74) is 0. The van der Waals surface area contributed by atoms with Gasteiger partial charge in [-0.2, -0.15) is 0 Å². The molecule has 0 aromatic carbocycles. The van der Waals surface area contributed by atoms with Crippen molar-refractivity contribution in [3.8, 4) is 0 Å². The second kappa shape index (κ2) is 30.3. The molecule has 0 rings (SSSR count). The molecule has 4 atom stereocenters. The standard InChI is InChI=1S/C34H67NO7S.Na/c1-5-30(4)25-21-17-14-15-19-23-27-33(37)34(38)35-31(28-42-43(39,40)41)32(36)26-22-18-13-11-9-7-6-8-10-12-16-20-24-29(2)3;/h22,26,29-33,36-37H,5-21,23-25,27-28H2,1-4H3,(H,35,38)(H,39,40,41);/q;+1/p-1/b26-22+;/t30?,31-,32-,33-;/m1./s1. The first-order chi connectivity index (χ1) is 20.5. The van der Waals surface area contributed by atoms with Gasteiger partial charge in [0.05, 0.1) is 18.8 Å². The number of aliphatic hydroxyl groups is 2. The summed E-state index contributed by atoms with van der Waals surface area (Å²) in [5.74, 6) is 0.863. The minimum Gasteiger partial charge on any atom is -0.726 e. The fourth-order valence-corrected chi connectivity index (χ4v) is 5.45. The number of nitrogens with one attached hydrogen (secondary N) is 1. The SMILES string of the molecule is CCC(C)CCCCCCCC[C@@H](O)C(=O)N[C@H](COS(=O)(=O)[O-])[C@H](O)/C=C/CCCCCCCCCCCCC(C)C.[Na+]. The zero-order valence-electron chi connectivity index (χ0n) is 28.9. The molecular weight excluding hydrogens is 589 g/mol. The van der Waals surface area contributed by atoms with Crippen molar-refractivity contribution in [2.75, 3.05) is 6.61 Å². The van der Waals surface area contributed by atoms with Crippen LogP contribution < -0.4 is 34.9 Å². The third kappa shape index (κ3) is 30.6. The Labute approximate surface area is 293 Å². The van der Waals surface area contributed by atoms with Crippen LogP contribution >= 0.6 is 0 Å². The van der Waals surface area contributed by atoms with Gasteiger partial charge < -0.3 is 20.1 Å². The van der Waals surface area contributed by atoms with E-state index in [4.69, 9.17) is 0 Å². The summed E-state index contributed by atoms with van der Waals surface area (Å²) >= 11 is 0. The predicted molar refractivity (Wildman–Crippen MR) is 175 cm³/mol. The van der Waals surface area contributed by atoms with E-state index >= 15 is 0 Å². The van der Waals surface area contributed by atoms with Gasteiger partial charge in [0, 0.05) is 0 Å². The van der Waals surface area contributed by atoms with Crippen LogP contribution in [0.25, 0.3) is 0 Å². The van der Waals surface area contributed by atoms with E-state index in [9.17, 15) is 28.0 Å². The second-order valence-corrected chi connectivity index (χ2v) is 14.0. The summed E-state index contributed by atoms with van der Waals surface area (Å²) in [4.78, 5) is 12.5. The Balaban J connectivity index is 0. The second-order valence-electron chi connectivity index (χ2n) is 13.0. The van der Waals surface area contributed by atoms with E-state index in [1.165, 1.54) is 89.5 Å². The van der Waals surface area contributed by atoms with Crippen molar-refractivity contribution in [1.29, 1.82) is 0 Å². The van der Waals surface area contributed by atoms with Crippen molar-refractivity contribution in [3.63, 3.8) is 0 Å². The number of rotatable bonds is 30. The third-order valence-electron chi connectivity index (χ3n) is 8.29. The van der Waals surface area contributed by atoms with Crippen molar-refractivity contribution < 1.29 is 61.7 Å². The van der Waals surface area contributed by atoms with Crippen molar-refractivity contribution in [3.05, 3.63) is 12.2 Å². The Kier molecular flexibility index (Phi) is 31.8. The molecule has 0 aliphatic heterocycles. The quantitative estimate of drug-likeness (QED) is 0.0335. The maximum Gasteiger partial charge on any atom is 1.00 e. The molecule has 0 saturated heterocycles. The van der Waals surface area contributed by atoms with Crippen LogP contribution in [0.1, 0.15) is 163 Å². The van der Waals surface area contributed by atoms with Crippen LogP contribution in [0.2, 0.25) is 0 Å². The first-order valence-electron chi connectivity index (χ1n) is 17.4. The van der Waals surface area contributed by atoms with Crippen LogP contribution in [-0.2, 0) is 19.4 Å². The van der Waals surface area contributed by atoms with E-state index in [1.807, 2.05) is 0 Å². The number of hydrogen-bond donors (Lipinski definition) is 3. The molecule has 0 aliphatic rings. The molecule has 0 heterocycles. The first-order valence-corrected chi connectivity index (χ1v) is 18.7. The maximum absolute atomic E-state index is 12.5. The third-order valence-corrected chi connectivity index (χ3v) is 8.72. The van der Waals surface area contributed by atoms with Crippen molar-refractivity contribution in [2.24, 2.45) is 11.8 Å². The Bertz CT molecular complexity index is 794. The molecule has 0 aliphatic carbocycles. The van der Waals surface area contributed by atoms with Crippen molar-refractivity contribution in [1.82, 2.24) is 5.32 Å². The van der Waals surface area contributed by atoms with Gasteiger partial charge in [-0.15, -0.1) is 0 Å². The van der Waals surface area contributed by atoms with Crippen LogP contribution in [0.4, 0.5) is 0 Å². The molecule has 0 aromatic rings. The largest absolute Gasteiger partial charge is 1.00 e. The molecule has 44 heavy (non-hydrogen) atoms. The summed E-state index contributed by atoms with van der Waals surface area (Å²) in [6, 6.07) is -1.17. The van der Waals surface area contributed by atoms with Crippen LogP contribution in [-0.4, -0.2) is 53.9 Å². The minimum absolute atomic E-state index is 0. The van der Waals surface area contributed by atoms with E-state index < -0.39 is 41.2 Å². The Morgan fingerprint density at radius 3 is 1.70 bits per heavy atom. The normalized spacial score (nSPS) is 14.8. The zero-order chi connectivity index (χ0) is 32.3. The molecule has 256 valence electrons. The summed E-state index contributed by atoms with van der Waals surface area (Å²) in [5, 5.41) is 23.3. The number of hydrogen-bond acceptors (Lipinski definition) is 7. The average Bonchev–Trinajstić information content (AvgIpc) is 2.95. The van der Waals surface area contributed by atoms with Gasteiger partial charge in [-0.3, -0.25) is 8.98 Å². The fourth-order valence-electron chi connectivity index (χ4n) is 5.13. The molecule has 1 amide bonds. The van der Waals surface area contributed by atoms with Crippen LogP contribution in [0, 0.1) is 11.8 Å². The monoisotopic (exact) mass is 655 g/mol. The van der Waals surface area contributed by atoms with Crippen LogP contribution in [0.15, 0.2) is 12.2 Å². The minimum atomic E-state index is -4.99. The first kappa shape index (κ1) is 46.1. The molecule has 3 N–H and O–H groups in total. The van der Waals surface area contributed by atoms with E-state index in [1.54, 1.807) is 6.08 Å². The number of aliphatic hydroxyl groups excluding tert-OH is 2. The molecule has 0 fully saturated rings. The van der Waals surface area contributed by atoms with Gasteiger partial charge in [0.15, 0.2) is 0 Å². The molecule has 0 spiro atoms. The average molecular weight is 656 g/mol. The van der Waals surface area contributed by atoms with E-state index in [0.29, 0.717) is 6.42 Å². The van der Waals surface area contributed by atoms with Gasteiger partial charge in [0.25, 0.3) is 0 Å². The zero-order valence-corrected chi connectivity index (χ0v) is 31.8. The molecule has 0 radical (unpaired) electrons.